The lowest BCUT2D eigenvalue weighted by atomic mass is 10.0. The van der Waals surface area contributed by atoms with Gasteiger partial charge < -0.3 is 19.7 Å². The van der Waals surface area contributed by atoms with E-state index in [0.717, 1.165) is 0 Å². The van der Waals surface area contributed by atoms with Crippen molar-refractivity contribution in [2.24, 2.45) is 0 Å². The summed E-state index contributed by atoms with van der Waals surface area (Å²) in [5, 5.41) is 3.06. The van der Waals surface area contributed by atoms with Gasteiger partial charge in [-0.3, -0.25) is 9.59 Å². The van der Waals surface area contributed by atoms with E-state index in [1.54, 1.807) is 12.1 Å². The van der Waals surface area contributed by atoms with Gasteiger partial charge in [0.25, 0.3) is 12.9 Å². The maximum Gasteiger partial charge on any atom is 0.267 e. The second-order valence-corrected chi connectivity index (χ2v) is 7.92. The van der Waals surface area contributed by atoms with Crippen LogP contribution in [0.3, 0.4) is 0 Å². The van der Waals surface area contributed by atoms with E-state index in [1.165, 1.54) is 67.7 Å². The lowest BCUT2D eigenvalue weighted by Crippen LogP contribution is -2.56. The first-order chi connectivity index (χ1) is 17.2. The SMILES string of the molecule is COc1ccc(C=CC(=O)C2CNCCN2C(=O)C=Cc2ccc(OC)c(C(F)F)c2)cc1C(F)F. The van der Waals surface area contributed by atoms with Gasteiger partial charge in [-0.05, 0) is 47.5 Å². The first-order valence-corrected chi connectivity index (χ1v) is 11.1. The third kappa shape index (κ3) is 6.51. The predicted octanol–water partition coefficient (Wildman–Crippen LogP) is 4.68. The van der Waals surface area contributed by atoms with Crippen molar-refractivity contribution < 1.29 is 36.6 Å². The molecule has 0 radical (unpaired) electrons. The average molecular weight is 506 g/mol. The van der Waals surface area contributed by atoms with E-state index in [0.29, 0.717) is 17.7 Å². The summed E-state index contributed by atoms with van der Waals surface area (Å²) < 4.78 is 62.9. The van der Waals surface area contributed by atoms with Crippen LogP contribution in [0.1, 0.15) is 35.1 Å². The molecule has 1 heterocycles. The summed E-state index contributed by atoms with van der Waals surface area (Å²) in [5.41, 5.74) is 0.185. The molecule has 1 saturated heterocycles. The molecular weight excluding hydrogens is 480 g/mol. The second kappa shape index (κ2) is 12.3. The van der Waals surface area contributed by atoms with E-state index in [4.69, 9.17) is 9.47 Å². The number of ether oxygens (including phenoxy) is 2. The second-order valence-electron chi connectivity index (χ2n) is 7.92. The van der Waals surface area contributed by atoms with Crippen LogP contribution >= 0.6 is 0 Å². The van der Waals surface area contributed by atoms with Crippen LogP contribution in [0.25, 0.3) is 12.2 Å². The summed E-state index contributed by atoms with van der Waals surface area (Å²) in [4.78, 5) is 27.1. The van der Waals surface area contributed by atoms with Gasteiger partial charge in [-0.2, -0.15) is 0 Å². The van der Waals surface area contributed by atoms with Gasteiger partial charge in [0.2, 0.25) is 5.91 Å². The third-order valence-electron chi connectivity index (χ3n) is 5.69. The van der Waals surface area contributed by atoms with Crippen LogP contribution in [0, 0.1) is 0 Å². The van der Waals surface area contributed by atoms with E-state index in [-0.39, 0.29) is 41.5 Å². The number of benzene rings is 2. The molecule has 3 rings (SSSR count). The van der Waals surface area contributed by atoms with Crippen LogP contribution in [-0.2, 0) is 9.59 Å². The van der Waals surface area contributed by atoms with Gasteiger partial charge in [0.15, 0.2) is 5.78 Å². The molecule has 2 aromatic carbocycles. The number of ketones is 1. The van der Waals surface area contributed by atoms with Gasteiger partial charge in [0, 0.05) is 25.7 Å². The molecule has 0 aliphatic carbocycles. The van der Waals surface area contributed by atoms with Crippen LogP contribution in [0.2, 0.25) is 0 Å². The Kier molecular flexibility index (Phi) is 9.24. The highest BCUT2D eigenvalue weighted by Gasteiger charge is 2.29. The molecule has 1 aliphatic heterocycles. The Hall–Kier alpha value is -3.66. The third-order valence-corrected chi connectivity index (χ3v) is 5.69. The molecular formula is C26H26F4N2O4. The standard InChI is InChI=1S/C26H26F4N2O4/c1-35-22-8-4-16(13-18(22)25(27)28)3-7-21(33)20-15-31-11-12-32(20)24(34)10-6-17-5-9-23(36-2)19(14-17)26(29)30/h3-10,13-14,20,25-26,31H,11-12,15H2,1-2H3. The zero-order valence-electron chi connectivity index (χ0n) is 19.7. The van der Waals surface area contributed by atoms with Crippen LogP contribution in [0.5, 0.6) is 11.5 Å². The lowest BCUT2D eigenvalue weighted by Gasteiger charge is -2.34. The fraction of sp³-hybridized carbons (Fsp3) is 0.308. The van der Waals surface area contributed by atoms with Crippen LogP contribution in [-0.4, -0.2) is 56.5 Å². The molecule has 0 saturated carbocycles. The summed E-state index contributed by atoms with van der Waals surface area (Å²) in [6, 6.07) is 7.54. The Bertz CT molecular complexity index is 1060. The van der Waals surface area contributed by atoms with Crippen molar-refractivity contribution in [3.63, 3.8) is 0 Å². The van der Waals surface area contributed by atoms with E-state index < -0.39 is 24.8 Å². The molecule has 1 N–H and O–H groups in total. The van der Waals surface area contributed by atoms with Crippen molar-refractivity contribution in [3.8, 4) is 11.5 Å². The van der Waals surface area contributed by atoms with Crippen molar-refractivity contribution in [3.05, 3.63) is 70.8 Å². The number of hydrogen-bond donors (Lipinski definition) is 1. The maximum atomic E-state index is 13.2. The fourth-order valence-corrected chi connectivity index (χ4v) is 3.83. The van der Waals surface area contributed by atoms with Crippen molar-refractivity contribution in [1.82, 2.24) is 10.2 Å². The monoisotopic (exact) mass is 506 g/mol. The van der Waals surface area contributed by atoms with E-state index in [2.05, 4.69) is 5.32 Å². The number of nitrogens with one attached hydrogen (secondary N) is 1. The minimum Gasteiger partial charge on any atom is -0.496 e. The van der Waals surface area contributed by atoms with E-state index >= 15 is 0 Å². The Balaban J connectivity index is 1.74. The number of alkyl halides is 4. The zero-order valence-corrected chi connectivity index (χ0v) is 19.7. The van der Waals surface area contributed by atoms with Crippen LogP contribution in [0.15, 0.2) is 48.6 Å². The smallest absolute Gasteiger partial charge is 0.267 e. The number of amides is 1. The molecule has 1 fully saturated rings. The molecule has 36 heavy (non-hydrogen) atoms. The minimum absolute atomic E-state index is 0.0468. The molecule has 0 bridgehead atoms. The number of carbonyl (C=O) groups is 2. The normalized spacial score (nSPS) is 16.3. The summed E-state index contributed by atoms with van der Waals surface area (Å²) in [6.07, 6.45) is -0.204. The Morgan fingerprint density at radius 3 is 1.94 bits per heavy atom. The highest BCUT2D eigenvalue weighted by Crippen LogP contribution is 2.31. The molecule has 2 aromatic rings. The first kappa shape index (κ1) is 26.9. The lowest BCUT2D eigenvalue weighted by molar-refractivity contribution is -0.135. The van der Waals surface area contributed by atoms with Crippen molar-refractivity contribution in [2.75, 3.05) is 33.9 Å². The topological polar surface area (TPSA) is 67.9 Å². The van der Waals surface area contributed by atoms with Gasteiger partial charge in [-0.25, -0.2) is 17.6 Å². The van der Waals surface area contributed by atoms with Crippen LogP contribution < -0.4 is 14.8 Å². The largest absolute Gasteiger partial charge is 0.496 e. The quantitative estimate of drug-likeness (QED) is 0.395. The summed E-state index contributed by atoms with van der Waals surface area (Å²) in [6.45, 7) is 0.948. The van der Waals surface area contributed by atoms with E-state index in [1.807, 2.05) is 0 Å². The molecule has 0 spiro atoms. The van der Waals surface area contributed by atoms with Gasteiger partial charge in [-0.1, -0.05) is 18.2 Å². The maximum absolute atomic E-state index is 13.2. The van der Waals surface area contributed by atoms with Crippen molar-refractivity contribution in [1.29, 1.82) is 0 Å². The molecule has 1 unspecified atom stereocenters. The highest BCUT2D eigenvalue weighted by atomic mass is 19.3. The summed E-state index contributed by atoms with van der Waals surface area (Å²) in [5.74, 6) is -0.749. The van der Waals surface area contributed by atoms with Gasteiger partial charge in [0.05, 0.1) is 25.3 Å². The Labute approximate surface area is 206 Å². The van der Waals surface area contributed by atoms with E-state index in [9.17, 15) is 27.2 Å². The molecule has 6 nitrogen and oxygen atoms in total. The molecule has 0 aromatic heterocycles. The van der Waals surface area contributed by atoms with Crippen molar-refractivity contribution in [2.45, 2.75) is 18.9 Å². The number of halogens is 4. The Morgan fingerprint density at radius 2 is 1.44 bits per heavy atom. The Morgan fingerprint density at radius 1 is 0.917 bits per heavy atom. The van der Waals surface area contributed by atoms with Gasteiger partial charge >= 0.3 is 0 Å². The van der Waals surface area contributed by atoms with Gasteiger partial charge in [-0.15, -0.1) is 0 Å². The number of piperazine rings is 1. The number of methoxy groups -OCH3 is 2. The summed E-state index contributed by atoms with van der Waals surface area (Å²) >= 11 is 0. The van der Waals surface area contributed by atoms with Gasteiger partial charge in [0.1, 0.15) is 17.5 Å². The number of hydrogen-bond acceptors (Lipinski definition) is 5. The average Bonchev–Trinajstić information content (AvgIpc) is 2.89. The molecule has 1 amide bonds. The predicted molar refractivity (Wildman–Crippen MR) is 127 cm³/mol. The number of carbonyl (C=O) groups excluding carboxylic acids is 2. The first-order valence-electron chi connectivity index (χ1n) is 11.1. The fourth-order valence-electron chi connectivity index (χ4n) is 3.83. The summed E-state index contributed by atoms with van der Waals surface area (Å²) in [7, 11) is 2.59. The molecule has 1 aliphatic rings. The molecule has 192 valence electrons. The zero-order chi connectivity index (χ0) is 26.2. The highest BCUT2D eigenvalue weighted by molar-refractivity contribution is 6.02. The van der Waals surface area contributed by atoms with Crippen LogP contribution in [0.4, 0.5) is 17.6 Å². The molecule has 10 heteroatoms. The minimum atomic E-state index is -2.74. The molecule has 1 atom stereocenters. The van der Waals surface area contributed by atoms with Crippen molar-refractivity contribution >= 4 is 23.8 Å². The number of rotatable bonds is 9. The number of nitrogens with zero attached hydrogens (tertiary/aromatic N) is 1.